The molecule has 2 nitrogen and oxygen atoms in total. The smallest absolute Gasteiger partial charge is 0.0529 e. The van der Waals surface area contributed by atoms with Gasteiger partial charge in [0, 0.05) is 18.0 Å². The van der Waals surface area contributed by atoms with Gasteiger partial charge in [0.25, 0.3) is 0 Å². The molecule has 2 rings (SSSR count). The Morgan fingerprint density at radius 3 is 2.53 bits per heavy atom. The van der Waals surface area contributed by atoms with Crippen LogP contribution in [0.3, 0.4) is 0 Å². The molecule has 1 aromatic heterocycles. The summed E-state index contributed by atoms with van der Waals surface area (Å²) in [6.45, 7) is 9.09. The third-order valence-electron chi connectivity index (χ3n) is 4.49. The molecule has 0 atom stereocenters. The Balaban J connectivity index is 1.95. The molecule has 0 aromatic carbocycles. The molecule has 1 N–H and O–H groups in total. The lowest BCUT2D eigenvalue weighted by Gasteiger charge is -2.38. The molecular formula is C16H28N2S. The summed E-state index contributed by atoms with van der Waals surface area (Å²) >= 11 is 1.92. The highest BCUT2D eigenvalue weighted by Crippen LogP contribution is 2.39. The Morgan fingerprint density at radius 2 is 1.95 bits per heavy atom. The maximum absolute atomic E-state index is 3.91. The number of hydrogen-bond acceptors (Lipinski definition) is 3. The summed E-state index contributed by atoms with van der Waals surface area (Å²) in [5, 5.41) is 6.13. The minimum Gasteiger partial charge on any atom is -0.305 e. The molecule has 1 saturated carbocycles. The fourth-order valence-corrected chi connectivity index (χ4v) is 4.17. The van der Waals surface area contributed by atoms with Gasteiger partial charge in [-0.3, -0.25) is 0 Å². The first kappa shape index (κ1) is 15.0. The number of nitrogens with one attached hydrogen (secondary N) is 1. The monoisotopic (exact) mass is 280 g/mol. The third-order valence-corrected chi connectivity index (χ3v) is 5.56. The first-order chi connectivity index (χ1) is 9.30. The number of likely N-dealkylation sites (N-methyl/N-ethyl adjacent to an activating group) is 1. The highest BCUT2D eigenvalue weighted by atomic mass is 32.1. The molecule has 0 bridgehead atoms. The highest BCUT2D eigenvalue weighted by Gasteiger charge is 2.33. The molecule has 0 aliphatic heterocycles. The van der Waals surface area contributed by atoms with Gasteiger partial charge in [0.15, 0.2) is 0 Å². The van der Waals surface area contributed by atoms with E-state index >= 15 is 0 Å². The van der Waals surface area contributed by atoms with Crippen LogP contribution in [0.2, 0.25) is 0 Å². The van der Waals surface area contributed by atoms with Crippen LogP contribution in [0.4, 0.5) is 0 Å². The Bertz CT molecular complexity index is 338. The van der Waals surface area contributed by atoms with Crippen LogP contribution in [0.1, 0.15) is 50.8 Å². The van der Waals surface area contributed by atoms with Crippen molar-refractivity contribution in [3.8, 4) is 0 Å². The molecule has 0 radical (unpaired) electrons. The molecule has 19 heavy (non-hydrogen) atoms. The zero-order valence-electron chi connectivity index (χ0n) is 12.5. The lowest BCUT2D eigenvalue weighted by atomic mass is 9.80. The fraction of sp³-hybridized carbons (Fsp3) is 0.750. The van der Waals surface area contributed by atoms with Crippen molar-refractivity contribution in [3.63, 3.8) is 0 Å². The van der Waals surface area contributed by atoms with E-state index in [9.17, 15) is 0 Å². The van der Waals surface area contributed by atoms with Crippen LogP contribution in [0.5, 0.6) is 0 Å². The Kier molecular flexibility index (Phi) is 5.86. The van der Waals surface area contributed by atoms with Crippen LogP contribution in [0.15, 0.2) is 17.5 Å². The normalized spacial score (nSPS) is 18.9. The van der Waals surface area contributed by atoms with Gasteiger partial charge in [-0.15, -0.1) is 11.3 Å². The van der Waals surface area contributed by atoms with E-state index in [0.717, 1.165) is 19.6 Å². The van der Waals surface area contributed by atoms with Gasteiger partial charge in [0.1, 0.15) is 0 Å². The molecule has 108 valence electrons. The van der Waals surface area contributed by atoms with E-state index in [4.69, 9.17) is 0 Å². The summed E-state index contributed by atoms with van der Waals surface area (Å²) in [6.07, 6.45) is 6.77. The summed E-state index contributed by atoms with van der Waals surface area (Å²) in [7, 11) is 0. The molecule has 1 aliphatic carbocycles. The van der Waals surface area contributed by atoms with Gasteiger partial charge in [-0.1, -0.05) is 39.2 Å². The van der Waals surface area contributed by atoms with E-state index in [0.29, 0.717) is 0 Å². The van der Waals surface area contributed by atoms with Crippen molar-refractivity contribution in [2.24, 2.45) is 0 Å². The molecule has 0 spiro atoms. The van der Waals surface area contributed by atoms with Crippen molar-refractivity contribution in [1.82, 2.24) is 10.2 Å². The molecule has 1 aliphatic rings. The van der Waals surface area contributed by atoms with Crippen molar-refractivity contribution in [2.75, 3.05) is 26.2 Å². The molecular weight excluding hydrogens is 252 g/mol. The van der Waals surface area contributed by atoms with Crippen molar-refractivity contribution in [3.05, 3.63) is 22.4 Å². The van der Waals surface area contributed by atoms with E-state index in [1.165, 1.54) is 38.6 Å². The molecule has 1 fully saturated rings. The van der Waals surface area contributed by atoms with E-state index < -0.39 is 0 Å². The second kappa shape index (κ2) is 7.41. The van der Waals surface area contributed by atoms with Crippen LogP contribution in [0, 0.1) is 0 Å². The minimum atomic E-state index is 0.277. The molecule has 1 aromatic rings. The summed E-state index contributed by atoms with van der Waals surface area (Å²) in [4.78, 5) is 4.05. The zero-order valence-corrected chi connectivity index (χ0v) is 13.3. The van der Waals surface area contributed by atoms with Crippen LogP contribution in [-0.2, 0) is 5.54 Å². The summed E-state index contributed by atoms with van der Waals surface area (Å²) in [6, 6.07) is 4.52. The van der Waals surface area contributed by atoms with Gasteiger partial charge in [0.2, 0.25) is 0 Å². The Hall–Kier alpha value is -0.380. The first-order valence-corrected chi connectivity index (χ1v) is 8.70. The van der Waals surface area contributed by atoms with Crippen molar-refractivity contribution < 1.29 is 0 Å². The maximum atomic E-state index is 3.91. The largest absolute Gasteiger partial charge is 0.305 e. The Morgan fingerprint density at radius 1 is 1.21 bits per heavy atom. The van der Waals surface area contributed by atoms with Crippen molar-refractivity contribution >= 4 is 11.3 Å². The van der Waals surface area contributed by atoms with Crippen LogP contribution >= 0.6 is 11.3 Å². The van der Waals surface area contributed by atoms with Crippen LogP contribution < -0.4 is 5.32 Å². The maximum Gasteiger partial charge on any atom is 0.0529 e. The second-order valence-electron chi connectivity index (χ2n) is 5.57. The standard InChI is InChI=1S/C16H28N2S/c1-3-18(4-2)13-12-17-16(10-6-5-7-11-16)15-9-8-14-19-15/h8-9,14,17H,3-7,10-13H2,1-2H3. The average Bonchev–Trinajstić information content (AvgIpc) is 2.99. The van der Waals surface area contributed by atoms with Crippen LogP contribution in [0.25, 0.3) is 0 Å². The SMILES string of the molecule is CCN(CC)CCNC1(c2cccs2)CCCCC1. The molecule has 0 amide bonds. The van der Waals surface area contributed by atoms with Gasteiger partial charge in [0.05, 0.1) is 5.54 Å². The number of thiophene rings is 1. The van der Waals surface area contributed by atoms with Crippen LogP contribution in [-0.4, -0.2) is 31.1 Å². The van der Waals surface area contributed by atoms with Gasteiger partial charge >= 0.3 is 0 Å². The Labute approximate surface area is 122 Å². The molecule has 3 heteroatoms. The quantitative estimate of drug-likeness (QED) is 0.816. The van der Waals surface area contributed by atoms with Gasteiger partial charge < -0.3 is 10.2 Å². The number of rotatable bonds is 7. The lowest BCUT2D eigenvalue weighted by molar-refractivity contribution is 0.217. The third kappa shape index (κ3) is 3.80. The van der Waals surface area contributed by atoms with Gasteiger partial charge in [-0.05, 0) is 37.4 Å². The highest BCUT2D eigenvalue weighted by molar-refractivity contribution is 7.10. The predicted molar refractivity (Wildman–Crippen MR) is 84.9 cm³/mol. The summed E-state index contributed by atoms with van der Waals surface area (Å²) < 4.78 is 0. The van der Waals surface area contributed by atoms with Gasteiger partial charge in [-0.25, -0.2) is 0 Å². The number of nitrogens with zero attached hydrogens (tertiary/aromatic N) is 1. The van der Waals surface area contributed by atoms with Crippen molar-refractivity contribution in [1.29, 1.82) is 0 Å². The van der Waals surface area contributed by atoms with E-state index in [-0.39, 0.29) is 5.54 Å². The zero-order chi connectivity index (χ0) is 13.6. The fourth-order valence-electron chi connectivity index (χ4n) is 3.21. The minimum absolute atomic E-state index is 0.277. The molecule has 0 unspecified atom stereocenters. The molecule has 0 saturated heterocycles. The van der Waals surface area contributed by atoms with Crippen molar-refractivity contribution in [2.45, 2.75) is 51.5 Å². The average molecular weight is 280 g/mol. The summed E-state index contributed by atoms with van der Waals surface area (Å²) in [5.74, 6) is 0. The number of hydrogen-bond donors (Lipinski definition) is 1. The van der Waals surface area contributed by atoms with E-state index in [1.807, 2.05) is 11.3 Å². The van der Waals surface area contributed by atoms with Gasteiger partial charge in [-0.2, -0.15) is 0 Å². The lowest BCUT2D eigenvalue weighted by Crippen LogP contribution is -2.46. The van der Waals surface area contributed by atoms with E-state index in [2.05, 4.69) is 41.6 Å². The topological polar surface area (TPSA) is 15.3 Å². The first-order valence-electron chi connectivity index (χ1n) is 7.82. The predicted octanol–water partition coefficient (Wildman–Crippen LogP) is 3.84. The summed E-state index contributed by atoms with van der Waals surface area (Å²) in [5.41, 5.74) is 0.277. The second-order valence-corrected chi connectivity index (χ2v) is 6.52. The van der Waals surface area contributed by atoms with E-state index in [1.54, 1.807) is 4.88 Å². The molecule has 1 heterocycles.